The highest BCUT2D eigenvalue weighted by Crippen LogP contribution is 2.36. The molecule has 0 bridgehead atoms. The molecule has 0 saturated carbocycles. The van der Waals surface area contributed by atoms with Crippen LogP contribution in [-0.4, -0.2) is 25.1 Å². The Morgan fingerprint density at radius 2 is 1.96 bits per heavy atom. The summed E-state index contributed by atoms with van der Waals surface area (Å²) in [6, 6.07) is 6.59. The number of halogens is 1. The fourth-order valence-electron chi connectivity index (χ4n) is 2.28. The third kappa shape index (κ3) is 3.32. The van der Waals surface area contributed by atoms with E-state index in [0.29, 0.717) is 33.7 Å². The average molecular weight is 363 g/mol. The number of nitrogens with one attached hydrogen (secondary N) is 1. The number of methoxy groups -OCH3 is 2. The van der Waals surface area contributed by atoms with Gasteiger partial charge in [0.05, 0.1) is 24.9 Å². The molecule has 0 saturated heterocycles. The molecule has 1 amide bonds. The number of oxazole rings is 1. The van der Waals surface area contributed by atoms with Gasteiger partial charge in [-0.1, -0.05) is 11.6 Å². The van der Waals surface area contributed by atoms with Gasteiger partial charge < -0.3 is 23.6 Å². The number of hydrogen-bond acceptors (Lipinski definition) is 6. The summed E-state index contributed by atoms with van der Waals surface area (Å²) < 4.78 is 21.2. The molecule has 3 rings (SSSR count). The molecule has 0 fully saturated rings. The van der Waals surface area contributed by atoms with E-state index < -0.39 is 5.91 Å². The first-order valence-corrected chi connectivity index (χ1v) is 7.64. The number of aryl methyl sites for hydroxylation is 1. The van der Waals surface area contributed by atoms with Gasteiger partial charge in [0.1, 0.15) is 17.3 Å². The number of carbonyl (C=O) groups excluding carboxylic acids is 1. The average Bonchev–Trinajstić information content (AvgIpc) is 3.23. The number of nitrogens with zero attached hydrogens (tertiary/aromatic N) is 1. The van der Waals surface area contributed by atoms with Crippen LogP contribution in [0.4, 0.5) is 5.69 Å². The molecule has 0 radical (unpaired) electrons. The lowest BCUT2D eigenvalue weighted by Gasteiger charge is -2.12. The maximum atomic E-state index is 12.6. The van der Waals surface area contributed by atoms with E-state index in [0.717, 1.165) is 0 Å². The highest BCUT2D eigenvalue weighted by Gasteiger charge is 2.22. The second-order valence-corrected chi connectivity index (χ2v) is 5.49. The highest BCUT2D eigenvalue weighted by atomic mass is 35.5. The minimum atomic E-state index is -0.489. The fourth-order valence-corrected chi connectivity index (χ4v) is 2.52. The molecule has 7 nitrogen and oxygen atoms in total. The van der Waals surface area contributed by atoms with Gasteiger partial charge in [0.2, 0.25) is 5.76 Å². The van der Waals surface area contributed by atoms with Crippen LogP contribution in [0.1, 0.15) is 16.2 Å². The van der Waals surface area contributed by atoms with Crippen molar-refractivity contribution in [2.45, 2.75) is 6.92 Å². The van der Waals surface area contributed by atoms with E-state index in [1.54, 1.807) is 25.1 Å². The molecule has 0 aliphatic rings. The standard InChI is InChI=1S/C17H15ClN2O5/c1-9-4-5-12(25-9)16-15(19-8-24-16)17(21)20-11-6-10(18)13(22-2)7-14(11)23-3/h4-8H,1-3H3,(H,20,21). The molecule has 0 aliphatic carbocycles. The largest absolute Gasteiger partial charge is 0.495 e. The Balaban J connectivity index is 1.91. The minimum Gasteiger partial charge on any atom is -0.495 e. The van der Waals surface area contributed by atoms with Crippen molar-refractivity contribution in [3.8, 4) is 23.0 Å². The van der Waals surface area contributed by atoms with E-state index in [4.69, 9.17) is 29.9 Å². The smallest absolute Gasteiger partial charge is 0.278 e. The molecule has 2 heterocycles. The Kier molecular flexibility index (Phi) is 4.67. The number of ether oxygens (including phenoxy) is 2. The van der Waals surface area contributed by atoms with Crippen LogP contribution in [0.2, 0.25) is 5.02 Å². The number of carbonyl (C=O) groups is 1. The Morgan fingerprint density at radius 3 is 2.60 bits per heavy atom. The third-order valence-electron chi connectivity index (χ3n) is 3.47. The van der Waals surface area contributed by atoms with Gasteiger partial charge in [-0.25, -0.2) is 4.98 Å². The monoisotopic (exact) mass is 362 g/mol. The lowest BCUT2D eigenvalue weighted by molar-refractivity contribution is 0.102. The molecule has 130 valence electrons. The predicted octanol–water partition coefficient (Wildman–Crippen LogP) is 4.17. The van der Waals surface area contributed by atoms with Crippen LogP contribution in [-0.2, 0) is 0 Å². The molecular weight excluding hydrogens is 348 g/mol. The quantitative estimate of drug-likeness (QED) is 0.733. The molecule has 25 heavy (non-hydrogen) atoms. The van der Waals surface area contributed by atoms with Crippen molar-refractivity contribution in [1.82, 2.24) is 4.98 Å². The molecule has 1 aromatic carbocycles. The number of rotatable bonds is 5. The predicted molar refractivity (Wildman–Crippen MR) is 91.5 cm³/mol. The van der Waals surface area contributed by atoms with Crippen LogP contribution in [0.15, 0.2) is 39.5 Å². The van der Waals surface area contributed by atoms with Gasteiger partial charge in [0, 0.05) is 6.07 Å². The molecule has 0 aliphatic heterocycles. The number of hydrogen-bond donors (Lipinski definition) is 1. The molecule has 2 aromatic heterocycles. The zero-order chi connectivity index (χ0) is 18.0. The van der Waals surface area contributed by atoms with Crippen molar-refractivity contribution < 1.29 is 23.1 Å². The first-order chi connectivity index (χ1) is 12.0. The molecule has 1 N–H and O–H groups in total. The summed E-state index contributed by atoms with van der Waals surface area (Å²) >= 11 is 6.12. The SMILES string of the molecule is COc1cc(OC)c(NC(=O)c2ncoc2-c2ccc(C)o2)cc1Cl. The van der Waals surface area contributed by atoms with Crippen LogP contribution in [0.5, 0.6) is 11.5 Å². The van der Waals surface area contributed by atoms with Crippen LogP contribution in [0.25, 0.3) is 11.5 Å². The number of amides is 1. The Hall–Kier alpha value is -2.93. The molecule has 0 unspecified atom stereocenters. The van der Waals surface area contributed by atoms with Gasteiger partial charge in [-0.05, 0) is 25.1 Å². The minimum absolute atomic E-state index is 0.0864. The van der Waals surface area contributed by atoms with Crippen molar-refractivity contribution in [2.75, 3.05) is 19.5 Å². The van der Waals surface area contributed by atoms with E-state index in [1.807, 2.05) is 0 Å². The lowest BCUT2D eigenvalue weighted by Crippen LogP contribution is -2.14. The summed E-state index contributed by atoms with van der Waals surface area (Å²) in [6.07, 6.45) is 1.18. The van der Waals surface area contributed by atoms with Gasteiger partial charge in [-0.2, -0.15) is 0 Å². The third-order valence-corrected chi connectivity index (χ3v) is 3.76. The van der Waals surface area contributed by atoms with Gasteiger partial charge in [0.25, 0.3) is 5.91 Å². The zero-order valence-electron chi connectivity index (χ0n) is 13.8. The van der Waals surface area contributed by atoms with Crippen LogP contribution in [0, 0.1) is 6.92 Å². The fraction of sp³-hybridized carbons (Fsp3) is 0.176. The molecule has 3 aromatic rings. The van der Waals surface area contributed by atoms with Crippen LogP contribution in [0.3, 0.4) is 0 Å². The van der Waals surface area contributed by atoms with Crippen LogP contribution < -0.4 is 14.8 Å². The topological polar surface area (TPSA) is 86.7 Å². The van der Waals surface area contributed by atoms with E-state index in [9.17, 15) is 4.79 Å². The Morgan fingerprint density at radius 1 is 1.20 bits per heavy atom. The number of anilines is 1. The second-order valence-electron chi connectivity index (χ2n) is 5.08. The Bertz CT molecular complexity index is 916. The highest BCUT2D eigenvalue weighted by molar-refractivity contribution is 6.32. The second kappa shape index (κ2) is 6.90. The molecular formula is C17H15ClN2O5. The number of benzene rings is 1. The van der Waals surface area contributed by atoms with Crippen molar-refractivity contribution in [2.24, 2.45) is 0 Å². The maximum Gasteiger partial charge on any atom is 0.278 e. The van der Waals surface area contributed by atoms with Gasteiger partial charge >= 0.3 is 0 Å². The van der Waals surface area contributed by atoms with Crippen molar-refractivity contribution >= 4 is 23.2 Å². The van der Waals surface area contributed by atoms with Gasteiger partial charge in [-0.15, -0.1) is 0 Å². The van der Waals surface area contributed by atoms with Gasteiger partial charge in [-0.3, -0.25) is 4.79 Å². The summed E-state index contributed by atoms with van der Waals surface area (Å²) in [4.78, 5) is 16.6. The normalized spacial score (nSPS) is 10.6. The summed E-state index contributed by atoms with van der Waals surface area (Å²) in [7, 11) is 2.97. The van der Waals surface area contributed by atoms with Crippen molar-refractivity contribution in [1.29, 1.82) is 0 Å². The van der Waals surface area contributed by atoms with E-state index in [2.05, 4.69) is 10.3 Å². The summed E-state index contributed by atoms with van der Waals surface area (Å²) in [5.41, 5.74) is 0.464. The molecule has 0 atom stereocenters. The lowest BCUT2D eigenvalue weighted by atomic mass is 10.2. The first-order valence-electron chi connectivity index (χ1n) is 7.26. The van der Waals surface area contributed by atoms with E-state index in [-0.39, 0.29) is 11.5 Å². The maximum absolute atomic E-state index is 12.6. The molecule has 8 heteroatoms. The summed E-state index contributed by atoms with van der Waals surface area (Å²) in [5.74, 6) is 1.70. The van der Waals surface area contributed by atoms with Gasteiger partial charge in [0.15, 0.2) is 17.8 Å². The summed E-state index contributed by atoms with van der Waals surface area (Å²) in [6.45, 7) is 1.80. The summed E-state index contributed by atoms with van der Waals surface area (Å²) in [5, 5.41) is 3.04. The first kappa shape index (κ1) is 16.9. The van der Waals surface area contributed by atoms with E-state index in [1.165, 1.54) is 26.7 Å². The number of furan rings is 1. The Labute approximate surface area is 148 Å². The van der Waals surface area contributed by atoms with E-state index >= 15 is 0 Å². The van der Waals surface area contributed by atoms with Crippen molar-refractivity contribution in [3.05, 3.63) is 47.1 Å². The number of aromatic nitrogens is 1. The van der Waals surface area contributed by atoms with Crippen molar-refractivity contribution in [3.63, 3.8) is 0 Å². The zero-order valence-corrected chi connectivity index (χ0v) is 14.5. The van der Waals surface area contributed by atoms with Crippen LogP contribution >= 0.6 is 11.6 Å². The molecule has 0 spiro atoms.